The van der Waals surface area contributed by atoms with Crippen molar-refractivity contribution in [1.29, 1.82) is 0 Å². The summed E-state index contributed by atoms with van der Waals surface area (Å²) >= 11 is 0. The Morgan fingerprint density at radius 3 is 2.71 bits per heavy atom. The molecule has 1 aliphatic heterocycles. The van der Waals surface area contributed by atoms with Crippen LogP contribution in [-0.4, -0.2) is 35.0 Å². The van der Waals surface area contributed by atoms with Crippen LogP contribution in [0.25, 0.3) is 0 Å². The molecule has 0 bridgehead atoms. The second kappa shape index (κ2) is 6.25. The third kappa shape index (κ3) is 3.13. The van der Waals surface area contributed by atoms with E-state index in [2.05, 4.69) is 9.82 Å². The monoisotopic (exact) mass is 349 g/mol. The molecule has 0 saturated heterocycles. The van der Waals surface area contributed by atoms with Crippen molar-refractivity contribution >= 4 is 21.8 Å². The van der Waals surface area contributed by atoms with Gasteiger partial charge in [-0.3, -0.25) is 14.2 Å². The van der Waals surface area contributed by atoms with Crippen LogP contribution in [0.3, 0.4) is 0 Å². The number of carbonyl (C=O) groups excluding carboxylic acids is 1. The van der Waals surface area contributed by atoms with Crippen molar-refractivity contribution in [3.63, 3.8) is 0 Å². The van der Waals surface area contributed by atoms with E-state index in [4.69, 9.17) is 5.73 Å². The Kier molecular flexibility index (Phi) is 4.29. The number of fused-ring (bicyclic) bond motifs is 1. The van der Waals surface area contributed by atoms with E-state index in [9.17, 15) is 13.2 Å². The molecule has 3 N–H and O–H groups in total. The molecule has 0 radical (unpaired) electrons. The van der Waals surface area contributed by atoms with E-state index >= 15 is 0 Å². The first-order valence-electron chi connectivity index (χ1n) is 7.62. The highest BCUT2D eigenvalue weighted by molar-refractivity contribution is 7.90. The summed E-state index contributed by atoms with van der Waals surface area (Å²) in [5, 5.41) is 3.99. The molecule has 2 heterocycles. The Labute approximate surface area is 140 Å². The molecule has 3 rings (SSSR count). The van der Waals surface area contributed by atoms with Gasteiger partial charge in [0, 0.05) is 25.8 Å². The number of nitrogens with one attached hydrogen (secondary N) is 1. The van der Waals surface area contributed by atoms with Crippen molar-refractivity contribution in [3.05, 3.63) is 47.3 Å². The van der Waals surface area contributed by atoms with E-state index in [0.717, 1.165) is 11.1 Å². The van der Waals surface area contributed by atoms with Crippen LogP contribution in [0.1, 0.15) is 28.5 Å². The molecule has 0 unspecified atom stereocenters. The topological polar surface area (TPSA) is 110 Å². The second-order valence-electron chi connectivity index (χ2n) is 5.57. The number of aromatic nitrogens is 2. The first-order chi connectivity index (χ1) is 11.4. The van der Waals surface area contributed by atoms with Gasteiger partial charge in [0.25, 0.3) is 5.91 Å². The van der Waals surface area contributed by atoms with Gasteiger partial charge in [-0.05, 0) is 24.5 Å². The number of benzene rings is 1. The van der Waals surface area contributed by atoms with Crippen molar-refractivity contribution in [2.24, 2.45) is 5.73 Å². The average Bonchev–Trinajstić information content (AvgIpc) is 2.97. The lowest BCUT2D eigenvalue weighted by atomic mass is 10.0. The van der Waals surface area contributed by atoms with Crippen molar-refractivity contribution in [3.8, 4) is 0 Å². The number of nitrogens with two attached hydrogens (primary N) is 1. The number of hydrogen-bond donors (Lipinski definition) is 2. The van der Waals surface area contributed by atoms with Gasteiger partial charge in [-0.2, -0.15) is 17.8 Å². The van der Waals surface area contributed by atoms with Gasteiger partial charge in [0.2, 0.25) is 0 Å². The molecule has 2 aromatic rings. The van der Waals surface area contributed by atoms with Crippen molar-refractivity contribution in [2.45, 2.75) is 26.4 Å². The van der Waals surface area contributed by atoms with Crippen LogP contribution in [0.15, 0.2) is 30.5 Å². The summed E-state index contributed by atoms with van der Waals surface area (Å²) in [4.78, 5) is 11.5. The zero-order chi connectivity index (χ0) is 17.3. The van der Waals surface area contributed by atoms with E-state index < -0.39 is 16.1 Å². The van der Waals surface area contributed by atoms with Gasteiger partial charge in [0.15, 0.2) is 5.69 Å². The predicted molar refractivity (Wildman–Crippen MR) is 89.5 cm³/mol. The summed E-state index contributed by atoms with van der Waals surface area (Å²) in [6.45, 7) is 3.00. The normalized spacial score (nSPS) is 15.0. The number of anilines is 1. The molecule has 1 amide bonds. The quantitative estimate of drug-likeness (QED) is 0.828. The predicted octanol–water partition coefficient (Wildman–Crippen LogP) is 0.717. The minimum absolute atomic E-state index is 0.0853. The fourth-order valence-corrected chi connectivity index (χ4v) is 3.92. The summed E-state index contributed by atoms with van der Waals surface area (Å²) in [7, 11) is -3.81. The average molecular weight is 349 g/mol. The summed E-state index contributed by atoms with van der Waals surface area (Å²) in [5.41, 5.74) is 7.43. The SMILES string of the molecule is CCn1cc(NS(=O)(=O)N2CCc3ccccc3C2)c(C(N)=O)n1. The largest absolute Gasteiger partial charge is 0.364 e. The fourth-order valence-electron chi connectivity index (χ4n) is 2.72. The number of carbonyl (C=O) groups is 1. The van der Waals surface area contributed by atoms with Crippen LogP contribution in [-0.2, 0) is 29.7 Å². The first-order valence-corrected chi connectivity index (χ1v) is 9.06. The standard InChI is InChI=1S/C15H19N5O3S/c1-2-19-10-13(14(17-19)15(16)21)18-24(22,23)20-8-7-11-5-3-4-6-12(11)9-20/h3-6,10,18H,2,7-9H2,1H3,(H2,16,21). The lowest BCUT2D eigenvalue weighted by Crippen LogP contribution is -2.39. The Balaban J connectivity index is 1.85. The first kappa shape index (κ1) is 16.5. The minimum Gasteiger partial charge on any atom is -0.364 e. The smallest absolute Gasteiger partial charge is 0.302 e. The van der Waals surface area contributed by atoms with Crippen LogP contribution >= 0.6 is 0 Å². The lowest BCUT2D eigenvalue weighted by Gasteiger charge is -2.28. The van der Waals surface area contributed by atoms with Crippen molar-refractivity contribution in [2.75, 3.05) is 11.3 Å². The van der Waals surface area contributed by atoms with Crippen LogP contribution < -0.4 is 10.5 Å². The Bertz CT molecular complexity index is 875. The number of aryl methyl sites for hydroxylation is 1. The molecule has 9 heteroatoms. The van der Waals surface area contributed by atoms with E-state index in [0.29, 0.717) is 26.1 Å². The zero-order valence-electron chi connectivity index (χ0n) is 13.3. The molecule has 0 aliphatic carbocycles. The molecule has 0 fully saturated rings. The molecular formula is C15H19N5O3S. The van der Waals surface area contributed by atoms with Gasteiger partial charge in [0.1, 0.15) is 5.69 Å². The number of nitrogens with zero attached hydrogens (tertiary/aromatic N) is 3. The maximum atomic E-state index is 12.7. The lowest BCUT2D eigenvalue weighted by molar-refractivity contribution is 0.0995. The van der Waals surface area contributed by atoms with E-state index in [-0.39, 0.29) is 11.4 Å². The summed E-state index contributed by atoms with van der Waals surface area (Å²) in [5.74, 6) is -0.774. The van der Waals surface area contributed by atoms with Gasteiger partial charge in [-0.15, -0.1) is 0 Å². The summed E-state index contributed by atoms with van der Waals surface area (Å²) < 4.78 is 30.6. The highest BCUT2D eigenvalue weighted by Gasteiger charge is 2.28. The Morgan fingerprint density at radius 1 is 1.33 bits per heavy atom. The molecule has 0 atom stereocenters. The number of rotatable bonds is 5. The molecule has 1 aliphatic rings. The van der Waals surface area contributed by atoms with E-state index in [1.54, 1.807) is 0 Å². The molecule has 8 nitrogen and oxygen atoms in total. The third-order valence-corrected chi connectivity index (χ3v) is 5.46. The molecule has 0 saturated carbocycles. The van der Waals surface area contributed by atoms with E-state index in [1.165, 1.54) is 15.2 Å². The maximum absolute atomic E-state index is 12.7. The van der Waals surface area contributed by atoms with Crippen molar-refractivity contribution in [1.82, 2.24) is 14.1 Å². The van der Waals surface area contributed by atoms with Gasteiger partial charge in [0.05, 0.1) is 0 Å². The Hall–Kier alpha value is -2.39. The van der Waals surface area contributed by atoms with E-state index in [1.807, 2.05) is 31.2 Å². The third-order valence-electron chi connectivity index (χ3n) is 3.99. The second-order valence-corrected chi connectivity index (χ2v) is 7.24. The summed E-state index contributed by atoms with van der Waals surface area (Å²) in [6.07, 6.45) is 2.11. The van der Waals surface area contributed by atoms with Gasteiger partial charge in [-0.1, -0.05) is 24.3 Å². The van der Waals surface area contributed by atoms with Crippen LogP contribution in [0.2, 0.25) is 0 Å². The molecule has 24 heavy (non-hydrogen) atoms. The minimum atomic E-state index is -3.81. The van der Waals surface area contributed by atoms with Gasteiger partial charge >= 0.3 is 10.2 Å². The highest BCUT2D eigenvalue weighted by Crippen LogP contribution is 2.23. The van der Waals surface area contributed by atoms with Gasteiger partial charge < -0.3 is 5.73 Å². The van der Waals surface area contributed by atoms with Crippen LogP contribution in [0.4, 0.5) is 5.69 Å². The van der Waals surface area contributed by atoms with Crippen LogP contribution in [0, 0.1) is 0 Å². The molecule has 128 valence electrons. The fraction of sp³-hybridized carbons (Fsp3) is 0.333. The van der Waals surface area contributed by atoms with Crippen LogP contribution in [0.5, 0.6) is 0 Å². The summed E-state index contributed by atoms with van der Waals surface area (Å²) in [6, 6.07) is 7.75. The number of primary amides is 1. The maximum Gasteiger partial charge on any atom is 0.302 e. The van der Waals surface area contributed by atoms with Gasteiger partial charge in [-0.25, -0.2) is 0 Å². The zero-order valence-corrected chi connectivity index (χ0v) is 14.1. The number of amides is 1. The van der Waals surface area contributed by atoms with Crippen molar-refractivity contribution < 1.29 is 13.2 Å². The molecule has 1 aromatic carbocycles. The molecular weight excluding hydrogens is 330 g/mol. The highest BCUT2D eigenvalue weighted by atomic mass is 32.2. The number of hydrogen-bond acceptors (Lipinski definition) is 4. The Morgan fingerprint density at radius 2 is 2.04 bits per heavy atom. The molecule has 0 spiro atoms. The molecule has 1 aromatic heterocycles.